The molecule has 54 valence electrons. The van der Waals surface area contributed by atoms with Gasteiger partial charge in [0, 0.05) is 5.92 Å². The second-order valence-electron chi connectivity index (χ2n) is 2.12. The van der Waals surface area contributed by atoms with E-state index >= 15 is 0 Å². The first-order chi connectivity index (χ1) is 4.09. The van der Waals surface area contributed by atoms with E-state index in [-0.39, 0.29) is 17.5 Å². The Kier molecular flexibility index (Phi) is 3.75. The molecule has 3 atom stereocenters. The lowest BCUT2D eigenvalue weighted by Gasteiger charge is -2.11. The maximum atomic E-state index is 10.6. The number of hydroxylamine groups is 1. The van der Waals surface area contributed by atoms with Crippen LogP contribution in [0.15, 0.2) is 0 Å². The van der Waals surface area contributed by atoms with Crippen LogP contribution < -0.4 is 5.48 Å². The minimum absolute atomic E-state index is 0.153. The van der Waals surface area contributed by atoms with Crippen LogP contribution >= 0.6 is 9.24 Å². The quantitative estimate of drug-likeness (QED) is 0.339. The SMILES string of the molecule is C[C@H](P)[C@H](C)C(=O)NO. The first kappa shape index (κ1) is 8.86. The van der Waals surface area contributed by atoms with Gasteiger partial charge in [0.2, 0.25) is 5.91 Å². The first-order valence-electron chi connectivity index (χ1n) is 2.79. The zero-order valence-corrected chi connectivity index (χ0v) is 6.74. The molecule has 0 saturated carbocycles. The van der Waals surface area contributed by atoms with E-state index in [1.54, 1.807) is 12.4 Å². The summed E-state index contributed by atoms with van der Waals surface area (Å²) >= 11 is 0. The molecule has 0 rings (SSSR count). The fraction of sp³-hybridized carbons (Fsp3) is 0.800. The number of amides is 1. The highest BCUT2D eigenvalue weighted by Crippen LogP contribution is 2.10. The van der Waals surface area contributed by atoms with Crippen LogP contribution in [0.5, 0.6) is 0 Å². The third-order valence-electron chi connectivity index (χ3n) is 1.31. The highest BCUT2D eigenvalue weighted by molar-refractivity contribution is 7.17. The molecule has 1 amide bonds. The molecule has 0 aliphatic rings. The van der Waals surface area contributed by atoms with Gasteiger partial charge in [0.1, 0.15) is 0 Å². The van der Waals surface area contributed by atoms with Crippen molar-refractivity contribution in [2.45, 2.75) is 19.5 Å². The maximum Gasteiger partial charge on any atom is 0.246 e. The van der Waals surface area contributed by atoms with Gasteiger partial charge in [-0.25, -0.2) is 5.48 Å². The third kappa shape index (κ3) is 2.78. The monoisotopic (exact) mass is 149 g/mol. The Morgan fingerprint density at radius 1 is 1.67 bits per heavy atom. The van der Waals surface area contributed by atoms with E-state index in [9.17, 15) is 4.79 Å². The second-order valence-corrected chi connectivity index (χ2v) is 3.18. The highest BCUT2D eigenvalue weighted by Gasteiger charge is 2.14. The van der Waals surface area contributed by atoms with Crippen LogP contribution in [0.1, 0.15) is 13.8 Å². The van der Waals surface area contributed by atoms with E-state index in [0.717, 1.165) is 0 Å². The van der Waals surface area contributed by atoms with Gasteiger partial charge in [-0.05, 0) is 5.66 Å². The molecule has 0 aromatic carbocycles. The Labute approximate surface area is 57.0 Å². The average molecular weight is 149 g/mol. The van der Waals surface area contributed by atoms with Crippen molar-refractivity contribution in [1.82, 2.24) is 5.48 Å². The van der Waals surface area contributed by atoms with Crippen LogP contribution in [-0.4, -0.2) is 16.8 Å². The molecule has 0 radical (unpaired) electrons. The summed E-state index contributed by atoms with van der Waals surface area (Å²) in [5.74, 6) is -0.488. The summed E-state index contributed by atoms with van der Waals surface area (Å²) in [6.45, 7) is 3.65. The predicted octanol–water partition coefficient (Wildman–Crippen LogP) is 0.392. The van der Waals surface area contributed by atoms with E-state index in [4.69, 9.17) is 5.21 Å². The summed E-state index contributed by atoms with van der Waals surface area (Å²) < 4.78 is 0. The van der Waals surface area contributed by atoms with Crippen molar-refractivity contribution in [3.63, 3.8) is 0 Å². The lowest BCUT2D eigenvalue weighted by atomic mass is 10.1. The van der Waals surface area contributed by atoms with Gasteiger partial charge in [-0.15, -0.1) is 9.24 Å². The summed E-state index contributed by atoms with van der Waals surface area (Å²) in [6.07, 6.45) is 0. The molecule has 0 aliphatic heterocycles. The number of hydrogen-bond donors (Lipinski definition) is 2. The molecule has 0 bridgehead atoms. The van der Waals surface area contributed by atoms with Crippen molar-refractivity contribution in [1.29, 1.82) is 0 Å². The van der Waals surface area contributed by atoms with E-state index < -0.39 is 0 Å². The van der Waals surface area contributed by atoms with Crippen LogP contribution in [0, 0.1) is 5.92 Å². The van der Waals surface area contributed by atoms with E-state index in [2.05, 4.69) is 9.24 Å². The topological polar surface area (TPSA) is 49.3 Å². The molecular weight excluding hydrogens is 137 g/mol. The van der Waals surface area contributed by atoms with Crippen molar-refractivity contribution in [3.8, 4) is 0 Å². The van der Waals surface area contributed by atoms with Gasteiger partial charge in [-0.1, -0.05) is 13.8 Å². The Bertz CT molecular complexity index is 105. The average Bonchev–Trinajstić information content (AvgIpc) is 1.84. The Hall–Kier alpha value is -0.140. The molecule has 4 heteroatoms. The van der Waals surface area contributed by atoms with Gasteiger partial charge in [0.25, 0.3) is 0 Å². The van der Waals surface area contributed by atoms with Crippen LogP contribution in [-0.2, 0) is 4.79 Å². The highest BCUT2D eigenvalue weighted by atomic mass is 31.0. The van der Waals surface area contributed by atoms with Gasteiger partial charge in [0.15, 0.2) is 0 Å². The van der Waals surface area contributed by atoms with Crippen molar-refractivity contribution in [2.75, 3.05) is 0 Å². The third-order valence-corrected chi connectivity index (χ3v) is 1.89. The number of carbonyl (C=O) groups excluding carboxylic acids is 1. The maximum absolute atomic E-state index is 10.6. The second kappa shape index (κ2) is 3.80. The zero-order chi connectivity index (χ0) is 7.44. The molecule has 0 aromatic rings. The largest absolute Gasteiger partial charge is 0.289 e. The lowest BCUT2D eigenvalue weighted by molar-refractivity contribution is -0.132. The van der Waals surface area contributed by atoms with Gasteiger partial charge >= 0.3 is 0 Å². The van der Waals surface area contributed by atoms with Crippen LogP contribution in [0.4, 0.5) is 0 Å². The number of rotatable bonds is 2. The molecule has 0 heterocycles. The van der Waals surface area contributed by atoms with Crippen LogP contribution in [0.2, 0.25) is 0 Å². The first-order valence-corrected chi connectivity index (χ1v) is 3.45. The van der Waals surface area contributed by atoms with Crippen LogP contribution in [0.3, 0.4) is 0 Å². The Balaban J connectivity index is 3.72. The summed E-state index contributed by atoms with van der Waals surface area (Å²) in [4.78, 5) is 10.6. The van der Waals surface area contributed by atoms with Crippen molar-refractivity contribution in [2.24, 2.45) is 5.92 Å². The summed E-state index contributed by atoms with van der Waals surface area (Å²) in [6, 6.07) is 0. The number of carbonyl (C=O) groups is 1. The molecule has 3 nitrogen and oxygen atoms in total. The standard InChI is InChI=1S/C5H12NO2P/c1-3(4(2)9)5(7)6-8/h3-4,8H,9H2,1-2H3,(H,6,7)/t3-,4-/m0/s1. The molecule has 0 aliphatic carbocycles. The van der Waals surface area contributed by atoms with E-state index in [0.29, 0.717) is 0 Å². The molecule has 0 saturated heterocycles. The Morgan fingerprint density at radius 3 is 2.22 bits per heavy atom. The van der Waals surface area contributed by atoms with Crippen molar-refractivity contribution < 1.29 is 10.0 Å². The molecular formula is C5H12NO2P. The van der Waals surface area contributed by atoms with Gasteiger partial charge < -0.3 is 0 Å². The van der Waals surface area contributed by atoms with Gasteiger partial charge in [-0.3, -0.25) is 10.0 Å². The van der Waals surface area contributed by atoms with Crippen LogP contribution in [0.25, 0.3) is 0 Å². The lowest BCUT2D eigenvalue weighted by Crippen LogP contribution is -2.30. The fourth-order valence-corrected chi connectivity index (χ4v) is 0.515. The minimum Gasteiger partial charge on any atom is -0.289 e. The smallest absolute Gasteiger partial charge is 0.246 e. The normalized spacial score (nSPS) is 16.4. The van der Waals surface area contributed by atoms with Gasteiger partial charge in [-0.2, -0.15) is 0 Å². The molecule has 0 spiro atoms. The Morgan fingerprint density at radius 2 is 2.11 bits per heavy atom. The number of nitrogens with one attached hydrogen (secondary N) is 1. The van der Waals surface area contributed by atoms with E-state index in [1.807, 2.05) is 6.92 Å². The molecule has 0 aromatic heterocycles. The van der Waals surface area contributed by atoms with E-state index in [1.165, 1.54) is 0 Å². The minimum atomic E-state index is -0.336. The van der Waals surface area contributed by atoms with Crippen molar-refractivity contribution in [3.05, 3.63) is 0 Å². The number of hydrogen-bond acceptors (Lipinski definition) is 2. The predicted molar refractivity (Wildman–Crippen MR) is 38.3 cm³/mol. The summed E-state index contributed by atoms with van der Waals surface area (Å²) in [5.41, 5.74) is 1.79. The summed E-state index contributed by atoms with van der Waals surface area (Å²) in [7, 11) is 2.50. The summed E-state index contributed by atoms with van der Waals surface area (Å²) in [5, 5.41) is 8.15. The zero-order valence-electron chi connectivity index (χ0n) is 5.59. The van der Waals surface area contributed by atoms with Crippen molar-refractivity contribution >= 4 is 15.1 Å². The molecule has 1 unspecified atom stereocenters. The fourth-order valence-electron chi connectivity index (χ4n) is 0.341. The molecule has 0 fully saturated rings. The van der Waals surface area contributed by atoms with Gasteiger partial charge in [0.05, 0.1) is 0 Å². The molecule has 9 heavy (non-hydrogen) atoms. The molecule has 2 N–H and O–H groups in total.